The summed E-state index contributed by atoms with van der Waals surface area (Å²) in [7, 11) is 0. The molecule has 0 aliphatic heterocycles. The summed E-state index contributed by atoms with van der Waals surface area (Å²) < 4.78 is 0. The van der Waals surface area contributed by atoms with Gasteiger partial charge < -0.3 is 5.73 Å². The van der Waals surface area contributed by atoms with Crippen molar-refractivity contribution in [2.24, 2.45) is 11.1 Å². The highest BCUT2D eigenvalue weighted by atomic mass is 14.6. The van der Waals surface area contributed by atoms with E-state index in [4.69, 9.17) is 5.73 Å². The van der Waals surface area contributed by atoms with E-state index < -0.39 is 0 Å². The molecular weight excluding hydrogens is 158 g/mol. The van der Waals surface area contributed by atoms with Crippen LogP contribution in [0.2, 0.25) is 0 Å². The molecule has 0 aromatic carbocycles. The molecule has 0 radical (unpaired) electrons. The number of allylic oxidation sites excluding steroid dienone is 1. The van der Waals surface area contributed by atoms with Crippen LogP contribution in [-0.2, 0) is 0 Å². The normalized spacial score (nSPS) is 24.3. The van der Waals surface area contributed by atoms with E-state index in [1.54, 1.807) is 5.57 Å². The first-order chi connectivity index (χ1) is 5.97. The highest BCUT2D eigenvalue weighted by Gasteiger charge is 2.14. The lowest BCUT2D eigenvalue weighted by Gasteiger charge is -2.22. The first-order valence-electron chi connectivity index (χ1n) is 5.42. The van der Waals surface area contributed by atoms with E-state index in [9.17, 15) is 0 Å². The maximum atomic E-state index is 5.89. The Labute approximate surface area is 82.4 Å². The fraction of sp³-hybridized carbons (Fsp3) is 0.833. The van der Waals surface area contributed by atoms with E-state index in [2.05, 4.69) is 26.8 Å². The van der Waals surface area contributed by atoms with Gasteiger partial charge in [-0.15, -0.1) is 0 Å². The van der Waals surface area contributed by atoms with Gasteiger partial charge in [-0.2, -0.15) is 0 Å². The zero-order chi connectivity index (χ0) is 9.90. The largest absolute Gasteiger partial charge is 0.324 e. The molecule has 1 heteroatoms. The van der Waals surface area contributed by atoms with E-state index in [0.29, 0.717) is 11.5 Å². The summed E-state index contributed by atoms with van der Waals surface area (Å²) in [6.07, 6.45) is 8.57. The zero-order valence-corrected chi connectivity index (χ0v) is 9.27. The number of hydrogen-bond donors (Lipinski definition) is 1. The lowest BCUT2D eigenvalue weighted by Crippen LogP contribution is -2.20. The van der Waals surface area contributed by atoms with E-state index in [1.807, 2.05) is 0 Å². The Balaban J connectivity index is 2.36. The molecule has 0 fully saturated rings. The summed E-state index contributed by atoms with van der Waals surface area (Å²) in [5, 5.41) is 0. The van der Waals surface area contributed by atoms with Gasteiger partial charge in [0.25, 0.3) is 0 Å². The quantitative estimate of drug-likeness (QED) is 0.650. The first-order valence-corrected chi connectivity index (χ1v) is 5.42. The van der Waals surface area contributed by atoms with Crippen LogP contribution in [0.5, 0.6) is 0 Å². The lowest BCUT2D eigenvalue weighted by atomic mass is 9.85. The molecule has 1 aliphatic rings. The van der Waals surface area contributed by atoms with Crippen LogP contribution in [0.25, 0.3) is 0 Å². The maximum Gasteiger partial charge on any atom is 0.0226 e. The van der Waals surface area contributed by atoms with Crippen molar-refractivity contribution in [1.29, 1.82) is 0 Å². The summed E-state index contributed by atoms with van der Waals surface area (Å²) in [5.74, 6) is 0. The molecule has 1 atom stereocenters. The van der Waals surface area contributed by atoms with Gasteiger partial charge in [-0.3, -0.25) is 0 Å². The smallest absolute Gasteiger partial charge is 0.0226 e. The molecule has 76 valence electrons. The second-order valence-electron chi connectivity index (χ2n) is 5.44. The van der Waals surface area contributed by atoms with Crippen molar-refractivity contribution in [3.8, 4) is 0 Å². The third-order valence-electron chi connectivity index (χ3n) is 2.68. The Bertz CT molecular complexity index is 186. The van der Waals surface area contributed by atoms with Gasteiger partial charge in [-0.25, -0.2) is 0 Å². The highest BCUT2D eigenvalue weighted by Crippen LogP contribution is 2.27. The molecule has 0 spiro atoms. The highest BCUT2D eigenvalue weighted by molar-refractivity contribution is 5.10. The van der Waals surface area contributed by atoms with Crippen molar-refractivity contribution in [2.45, 2.75) is 58.9 Å². The Hall–Kier alpha value is -0.300. The molecule has 1 nitrogen and oxygen atoms in total. The lowest BCUT2D eigenvalue weighted by molar-refractivity contribution is 0.373. The van der Waals surface area contributed by atoms with E-state index in [0.717, 1.165) is 0 Å². The van der Waals surface area contributed by atoms with Gasteiger partial charge in [0.15, 0.2) is 0 Å². The van der Waals surface area contributed by atoms with E-state index >= 15 is 0 Å². The van der Waals surface area contributed by atoms with Gasteiger partial charge in [0.1, 0.15) is 0 Å². The van der Waals surface area contributed by atoms with Gasteiger partial charge in [-0.05, 0) is 37.5 Å². The minimum Gasteiger partial charge on any atom is -0.324 e. The summed E-state index contributed by atoms with van der Waals surface area (Å²) in [6, 6.07) is 0.337. The fourth-order valence-corrected chi connectivity index (χ4v) is 1.78. The van der Waals surface area contributed by atoms with Crippen molar-refractivity contribution >= 4 is 0 Å². The summed E-state index contributed by atoms with van der Waals surface area (Å²) in [4.78, 5) is 0. The van der Waals surface area contributed by atoms with Gasteiger partial charge in [0.2, 0.25) is 0 Å². The number of rotatable bonds is 2. The van der Waals surface area contributed by atoms with Crippen LogP contribution in [-0.4, -0.2) is 6.04 Å². The molecule has 13 heavy (non-hydrogen) atoms. The van der Waals surface area contributed by atoms with Crippen LogP contribution in [0.4, 0.5) is 0 Å². The Morgan fingerprint density at radius 3 is 2.69 bits per heavy atom. The SMILES string of the molecule is CC(C)(C)CCC1=CC(N)CCC1. The first kappa shape index (κ1) is 10.8. The maximum absolute atomic E-state index is 5.89. The Kier molecular flexibility index (Phi) is 3.55. The third kappa shape index (κ3) is 4.47. The minimum absolute atomic E-state index is 0.337. The van der Waals surface area contributed by atoms with Crippen LogP contribution >= 0.6 is 0 Å². The van der Waals surface area contributed by atoms with Crippen LogP contribution in [0.15, 0.2) is 11.6 Å². The second kappa shape index (κ2) is 4.28. The fourth-order valence-electron chi connectivity index (χ4n) is 1.78. The topological polar surface area (TPSA) is 26.0 Å². The van der Waals surface area contributed by atoms with Crippen molar-refractivity contribution in [3.05, 3.63) is 11.6 Å². The minimum atomic E-state index is 0.337. The third-order valence-corrected chi connectivity index (χ3v) is 2.68. The molecule has 2 N–H and O–H groups in total. The molecule has 0 amide bonds. The van der Waals surface area contributed by atoms with Gasteiger partial charge in [0, 0.05) is 6.04 Å². The molecule has 1 aliphatic carbocycles. The predicted octanol–water partition coefficient (Wildman–Crippen LogP) is 3.25. The molecule has 0 bridgehead atoms. The molecule has 1 unspecified atom stereocenters. The summed E-state index contributed by atoms with van der Waals surface area (Å²) in [5.41, 5.74) is 7.94. The van der Waals surface area contributed by atoms with Crippen molar-refractivity contribution in [2.75, 3.05) is 0 Å². The van der Waals surface area contributed by atoms with Crippen molar-refractivity contribution < 1.29 is 0 Å². The van der Waals surface area contributed by atoms with Crippen LogP contribution in [0.1, 0.15) is 52.9 Å². The zero-order valence-electron chi connectivity index (χ0n) is 9.27. The van der Waals surface area contributed by atoms with Crippen molar-refractivity contribution in [3.63, 3.8) is 0 Å². The molecule has 0 aromatic heterocycles. The standard InChI is InChI=1S/C12H23N/c1-12(2,3)8-7-10-5-4-6-11(13)9-10/h9,11H,4-8,13H2,1-3H3. The average molecular weight is 181 g/mol. The monoisotopic (exact) mass is 181 g/mol. The van der Waals surface area contributed by atoms with Gasteiger partial charge in [-0.1, -0.05) is 32.4 Å². The van der Waals surface area contributed by atoms with Crippen LogP contribution in [0, 0.1) is 5.41 Å². The Morgan fingerprint density at radius 2 is 2.15 bits per heavy atom. The summed E-state index contributed by atoms with van der Waals surface area (Å²) in [6.45, 7) is 6.91. The summed E-state index contributed by atoms with van der Waals surface area (Å²) >= 11 is 0. The van der Waals surface area contributed by atoms with Crippen LogP contribution in [0.3, 0.4) is 0 Å². The van der Waals surface area contributed by atoms with Gasteiger partial charge >= 0.3 is 0 Å². The van der Waals surface area contributed by atoms with Crippen molar-refractivity contribution in [1.82, 2.24) is 0 Å². The Morgan fingerprint density at radius 1 is 1.46 bits per heavy atom. The molecule has 1 rings (SSSR count). The molecule has 0 saturated carbocycles. The molecule has 0 saturated heterocycles. The molecule has 0 heterocycles. The second-order valence-corrected chi connectivity index (χ2v) is 5.44. The van der Waals surface area contributed by atoms with Gasteiger partial charge in [0.05, 0.1) is 0 Å². The number of nitrogens with two attached hydrogens (primary N) is 1. The molecular formula is C12H23N. The van der Waals surface area contributed by atoms with E-state index in [1.165, 1.54) is 32.1 Å². The van der Waals surface area contributed by atoms with E-state index in [-0.39, 0.29) is 0 Å². The van der Waals surface area contributed by atoms with Crippen LogP contribution < -0.4 is 5.73 Å². The average Bonchev–Trinajstić information content (AvgIpc) is 2.00. The predicted molar refractivity (Wildman–Crippen MR) is 58.6 cm³/mol. The number of hydrogen-bond acceptors (Lipinski definition) is 1. The molecule has 0 aromatic rings.